The number of amides is 3. The Hall–Kier alpha value is -3.09. The molecule has 7 heteroatoms. The van der Waals surface area contributed by atoms with E-state index >= 15 is 0 Å². The molecule has 2 aromatic rings. The summed E-state index contributed by atoms with van der Waals surface area (Å²) in [6, 6.07) is 10.7. The number of rotatable bonds is 3. The summed E-state index contributed by atoms with van der Waals surface area (Å²) in [5, 5.41) is 2.72. The molecule has 0 bridgehead atoms. The fourth-order valence-electron chi connectivity index (χ4n) is 3.10. The topological polar surface area (TPSA) is 82.9 Å². The van der Waals surface area contributed by atoms with Crippen LogP contribution in [0, 0.1) is 0 Å². The van der Waals surface area contributed by atoms with Gasteiger partial charge in [-0.05, 0) is 29.7 Å². The Kier molecular flexibility index (Phi) is 5.59. The lowest BCUT2D eigenvalue weighted by Crippen LogP contribution is -2.53. The monoisotopic (exact) mass is 369 g/mol. The zero-order valence-electron chi connectivity index (χ0n) is 15.5. The Morgan fingerprint density at radius 3 is 2.26 bits per heavy atom. The van der Waals surface area contributed by atoms with E-state index < -0.39 is 11.8 Å². The minimum Gasteiger partial charge on any atom is -0.459 e. The number of hydrogen-bond acceptors (Lipinski definition) is 4. The minimum atomic E-state index is -0.658. The third-order valence-electron chi connectivity index (χ3n) is 4.61. The molecule has 0 saturated carbocycles. The van der Waals surface area contributed by atoms with Gasteiger partial charge in [0.05, 0.1) is 6.26 Å². The highest BCUT2D eigenvalue weighted by atomic mass is 16.3. The molecule has 0 radical (unpaired) electrons. The average molecular weight is 369 g/mol. The third kappa shape index (κ3) is 4.19. The predicted molar refractivity (Wildman–Crippen MR) is 100 cm³/mol. The first-order valence-electron chi connectivity index (χ1n) is 8.99. The van der Waals surface area contributed by atoms with Crippen LogP contribution in [0.2, 0.25) is 0 Å². The van der Waals surface area contributed by atoms with Gasteiger partial charge in [-0.3, -0.25) is 14.4 Å². The summed E-state index contributed by atoms with van der Waals surface area (Å²) >= 11 is 0. The maximum Gasteiger partial charge on any atom is 0.313 e. The normalized spacial score (nSPS) is 14.3. The van der Waals surface area contributed by atoms with Gasteiger partial charge in [-0.25, -0.2) is 0 Å². The maximum atomic E-state index is 12.5. The summed E-state index contributed by atoms with van der Waals surface area (Å²) in [4.78, 5) is 40.2. The van der Waals surface area contributed by atoms with Crippen molar-refractivity contribution >= 4 is 23.4 Å². The number of benzene rings is 1. The van der Waals surface area contributed by atoms with E-state index in [0.29, 0.717) is 31.9 Å². The van der Waals surface area contributed by atoms with Crippen molar-refractivity contribution in [3.63, 3.8) is 0 Å². The second-order valence-corrected chi connectivity index (χ2v) is 6.76. The molecule has 1 aliphatic heterocycles. The second-order valence-electron chi connectivity index (χ2n) is 6.76. The number of carbonyl (C=O) groups is 3. The summed E-state index contributed by atoms with van der Waals surface area (Å²) in [6.07, 6.45) is 1.45. The van der Waals surface area contributed by atoms with Gasteiger partial charge in [-0.15, -0.1) is 0 Å². The van der Waals surface area contributed by atoms with Crippen LogP contribution >= 0.6 is 0 Å². The first kappa shape index (κ1) is 18.7. The predicted octanol–water partition coefficient (Wildman–Crippen LogP) is 2.33. The second kappa shape index (κ2) is 8.07. The van der Waals surface area contributed by atoms with E-state index in [1.165, 1.54) is 11.2 Å². The van der Waals surface area contributed by atoms with E-state index in [0.717, 1.165) is 5.56 Å². The SMILES string of the molecule is CC(C)c1ccccc1NC(=O)C(=O)N1CCN(C(=O)c2ccco2)CC1. The van der Waals surface area contributed by atoms with Crippen LogP contribution in [0.25, 0.3) is 0 Å². The smallest absolute Gasteiger partial charge is 0.313 e. The lowest BCUT2D eigenvalue weighted by Gasteiger charge is -2.33. The molecule has 0 atom stereocenters. The Labute approximate surface area is 157 Å². The molecule has 0 aliphatic carbocycles. The molecular formula is C20H23N3O4. The summed E-state index contributed by atoms with van der Waals surface area (Å²) in [5.74, 6) is -0.944. The Bertz CT molecular complexity index is 822. The molecule has 1 aromatic heterocycles. The van der Waals surface area contributed by atoms with Gasteiger partial charge in [-0.1, -0.05) is 32.0 Å². The van der Waals surface area contributed by atoms with Crippen molar-refractivity contribution in [2.45, 2.75) is 19.8 Å². The molecule has 27 heavy (non-hydrogen) atoms. The summed E-state index contributed by atoms with van der Waals surface area (Å²) in [7, 11) is 0. The van der Waals surface area contributed by atoms with Gasteiger partial charge in [-0.2, -0.15) is 0 Å². The summed E-state index contributed by atoms with van der Waals surface area (Å²) in [5.41, 5.74) is 1.63. The van der Waals surface area contributed by atoms with E-state index in [4.69, 9.17) is 4.42 Å². The van der Waals surface area contributed by atoms with E-state index in [-0.39, 0.29) is 17.6 Å². The molecule has 142 valence electrons. The highest BCUT2D eigenvalue weighted by molar-refractivity contribution is 6.39. The van der Waals surface area contributed by atoms with Gasteiger partial charge in [0.25, 0.3) is 5.91 Å². The minimum absolute atomic E-state index is 0.206. The summed E-state index contributed by atoms with van der Waals surface area (Å²) < 4.78 is 5.12. The molecule has 1 aliphatic rings. The molecule has 3 amide bonds. The number of piperazine rings is 1. The van der Waals surface area contributed by atoms with Crippen molar-refractivity contribution < 1.29 is 18.8 Å². The van der Waals surface area contributed by atoms with Crippen molar-refractivity contribution in [3.8, 4) is 0 Å². The highest BCUT2D eigenvalue weighted by Crippen LogP contribution is 2.23. The molecule has 1 aromatic carbocycles. The molecule has 2 heterocycles. The van der Waals surface area contributed by atoms with E-state index in [1.54, 1.807) is 23.1 Å². The van der Waals surface area contributed by atoms with Crippen LogP contribution in [0.4, 0.5) is 5.69 Å². The molecule has 0 spiro atoms. The Morgan fingerprint density at radius 2 is 1.63 bits per heavy atom. The molecule has 7 nitrogen and oxygen atoms in total. The number of anilines is 1. The number of hydrogen-bond donors (Lipinski definition) is 1. The van der Waals surface area contributed by atoms with Crippen LogP contribution < -0.4 is 5.32 Å². The summed E-state index contributed by atoms with van der Waals surface area (Å²) in [6.45, 7) is 5.40. The van der Waals surface area contributed by atoms with Crippen molar-refractivity contribution in [3.05, 3.63) is 54.0 Å². The molecule has 3 rings (SSSR count). The number of carbonyl (C=O) groups excluding carboxylic acids is 3. The quantitative estimate of drug-likeness (QED) is 0.842. The van der Waals surface area contributed by atoms with Crippen LogP contribution in [0.5, 0.6) is 0 Å². The lowest BCUT2D eigenvalue weighted by atomic mass is 10.0. The van der Waals surface area contributed by atoms with E-state index in [2.05, 4.69) is 5.32 Å². The van der Waals surface area contributed by atoms with Crippen molar-refractivity contribution in [2.24, 2.45) is 0 Å². The van der Waals surface area contributed by atoms with E-state index in [9.17, 15) is 14.4 Å². The van der Waals surface area contributed by atoms with Gasteiger partial charge in [0.1, 0.15) is 0 Å². The van der Waals surface area contributed by atoms with Crippen molar-refractivity contribution in [1.82, 2.24) is 9.80 Å². The van der Waals surface area contributed by atoms with Gasteiger partial charge < -0.3 is 19.5 Å². The van der Waals surface area contributed by atoms with Crippen LogP contribution in [-0.2, 0) is 9.59 Å². The highest BCUT2D eigenvalue weighted by Gasteiger charge is 2.29. The number of nitrogens with zero attached hydrogens (tertiary/aromatic N) is 2. The van der Waals surface area contributed by atoms with Crippen LogP contribution in [0.3, 0.4) is 0 Å². The molecule has 1 fully saturated rings. The number of furan rings is 1. The number of para-hydroxylation sites is 1. The van der Waals surface area contributed by atoms with Gasteiger partial charge in [0, 0.05) is 31.9 Å². The molecule has 1 N–H and O–H groups in total. The third-order valence-corrected chi connectivity index (χ3v) is 4.61. The van der Waals surface area contributed by atoms with Crippen LogP contribution in [0.1, 0.15) is 35.9 Å². The van der Waals surface area contributed by atoms with Gasteiger partial charge in [0.2, 0.25) is 0 Å². The lowest BCUT2D eigenvalue weighted by molar-refractivity contribution is -0.144. The Balaban J connectivity index is 1.58. The molecular weight excluding hydrogens is 346 g/mol. The average Bonchev–Trinajstić information content (AvgIpc) is 3.22. The van der Waals surface area contributed by atoms with Crippen LogP contribution in [-0.4, -0.2) is 53.7 Å². The Morgan fingerprint density at radius 1 is 0.963 bits per heavy atom. The first-order chi connectivity index (χ1) is 13.0. The standard InChI is InChI=1S/C20H23N3O4/c1-14(2)15-6-3-4-7-16(15)21-18(24)20(26)23-11-9-22(10-12-23)19(25)17-8-5-13-27-17/h3-8,13-14H,9-12H2,1-2H3,(H,21,24). The fraction of sp³-hybridized carbons (Fsp3) is 0.350. The molecule has 0 unspecified atom stereocenters. The largest absolute Gasteiger partial charge is 0.459 e. The zero-order valence-corrected chi connectivity index (χ0v) is 15.5. The van der Waals surface area contributed by atoms with Gasteiger partial charge in [0.15, 0.2) is 5.76 Å². The van der Waals surface area contributed by atoms with E-state index in [1.807, 2.05) is 32.0 Å². The molecule has 1 saturated heterocycles. The van der Waals surface area contributed by atoms with Crippen molar-refractivity contribution in [1.29, 1.82) is 0 Å². The van der Waals surface area contributed by atoms with Crippen molar-refractivity contribution in [2.75, 3.05) is 31.5 Å². The zero-order chi connectivity index (χ0) is 19.4. The first-order valence-corrected chi connectivity index (χ1v) is 8.99. The number of nitrogens with one attached hydrogen (secondary N) is 1. The van der Waals surface area contributed by atoms with Crippen LogP contribution in [0.15, 0.2) is 47.1 Å². The fourth-order valence-corrected chi connectivity index (χ4v) is 3.10. The van der Waals surface area contributed by atoms with Gasteiger partial charge >= 0.3 is 11.8 Å². The maximum absolute atomic E-state index is 12.5.